The first-order chi connectivity index (χ1) is 11.7. The van der Waals surface area contributed by atoms with Gasteiger partial charge in [-0.3, -0.25) is 4.79 Å². The second-order valence-corrected chi connectivity index (χ2v) is 7.56. The van der Waals surface area contributed by atoms with Gasteiger partial charge in [0, 0.05) is 36.6 Å². The van der Waals surface area contributed by atoms with Gasteiger partial charge in [0.1, 0.15) is 15.6 Å². The fraction of sp³-hybridized carbons (Fsp3) is 0.188. The fourth-order valence-corrected chi connectivity index (χ4v) is 4.17. The molecule has 1 amide bonds. The van der Waals surface area contributed by atoms with E-state index in [4.69, 9.17) is 4.78 Å². The average molecular weight is 400 g/mol. The monoisotopic (exact) mass is 400 g/mol. The maximum atomic E-state index is 13.3. The number of fused-ring (bicyclic) bond motifs is 1. The quantitative estimate of drug-likeness (QED) is 0.724. The fourth-order valence-electron chi connectivity index (χ4n) is 2.66. The topological polar surface area (TPSA) is 87.0 Å². The molecule has 1 aromatic carbocycles. The molecule has 140 valence electrons. The lowest BCUT2D eigenvalue weighted by atomic mass is 10.2. The minimum Gasteiger partial charge on any atom is -0.345 e. The van der Waals surface area contributed by atoms with Crippen molar-refractivity contribution in [1.29, 1.82) is 4.78 Å². The first kappa shape index (κ1) is 20.1. The summed E-state index contributed by atoms with van der Waals surface area (Å²) in [6, 6.07) is 2.73. The van der Waals surface area contributed by atoms with E-state index < -0.39 is 27.5 Å². The van der Waals surface area contributed by atoms with E-state index >= 15 is 0 Å². The van der Waals surface area contributed by atoms with Gasteiger partial charge >= 0.3 is 0 Å². The smallest absolute Gasteiger partial charge is 0.272 e. The minimum atomic E-state index is -3.27. The summed E-state index contributed by atoms with van der Waals surface area (Å²) >= 11 is 0. The first-order valence-electron chi connectivity index (χ1n) is 7.39. The number of amides is 1. The van der Waals surface area contributed by atoms with Crippen LogP contribution in [-0.2, 0) is 17.0 Å². The summed E-state index contributed by atoms with van der Waals surface area (Å²) in [6.45, 7) is 1.75. The standard InChI is InChI=1S/C16H16F2N4O2S.H2S/c1-9-3-5-11-14(25(19,24)21-9)8-22(2)15(11)16(23)20-10-4-6-12(17)13(18)7-10;/h3-9H,1-2H3,(H,20,23)(H2,19,21,24);1H2/t9-,25?;/m0./s1. The number of carbonyl (C=O) groups is 1. The largest absolute Gasteiger partial charge is 0.345 e. The van der Waals surface area contributed by atoms with Gasteiger partial charge in [0.2, 0.25) is 0 Å². The van der Waals surface area contributed by atoms with Gasteiger partial charge in [0.05, 0.1) is 4.90 Å². The highest BCUT2D eigenvalue weighted by molar-refractivity contribution is 7.90. The predicted molar refractivity (Wildman–Crippen MR) is 101 cm³/mol. The van der Waals surface area contributed by atoms with Crippen LogP contribution in [0.2, 0.25) is 0 Å². The van der Waals surface area contributed by atoms with E-state index in [0.29, 0.717) is 5.56 Å². The van der Waals surface area contributed by atoms with Crippen LogP contribution >= 0.6 is 13.5 Å². The Morgan fingerprint density at radius 3 is 2.69 bits per heavy atom. The molecule has 0 saturated heterocycles. The van der Waals surface area contributed by atoms with E-state index in [9.17, 15) is 17.8 Å². The number of aromatic nitrogens is 1. The number of rotatable bonds is 2. The van der Waals surface area contributed by atoms with E-state index in [1.54, 1.807) is 26.1 Å². The number of anilines is 1. The first-order valence-corrected chi connectivity index (χ1v) is 8.95. The minimum absolute atomic E-state index is 0. The number of hydrogen-bond acceptors (Lipinski definition) is 3. The van der Waals surface area contributed by atoms with E-state index in [1.165, 1.54) is 16.8 Å². The number of aryl methyl sites for hydroxylation is 1. The van der Waals surface area contributed by atoms with Crippen LogP contribution in [0.15, 0.2) is 35.4 Å². The molecule has 3 rings (SSSR count). The van der Waals surface area contributed by atoms with Crippen LogP contribution in [0.3, 0.4) is 0 Å². The molecule has 0 fully saturated rings. The highest BCUT2D eigenvalue weighted by Crippen LogP contribution is 2.27. The van der Waals surface area contributed by atoms with Gasteiger partial charge in [-0.1, -0.05) is 12.2 Å². The molecule has 0 spiro atoms. The van der Waals surface area contributed by atoms with Crippen molar-refractivity contribution in [3.63, 3.8) is 0 Å². The molecule has 1 aliphatic heterocycles. The Morgan fingerprint density at radius 2 is 2.04 bits per heavy atom. The lowest BCUT2D eigenvalue weighted by molar-refractivity contribution is 0.101. The molecule has 6 nitrogen and oxygen atoms in total. The lowest BCUT2D eigenvalue weighted by Gasteiger charge is -2.09. The molecule has 0 saturated carbocycles. The van der Waals surface area contributed by atoms with Crippen LogP contribution in [0, 0.1) is 16.4 Å². The predicted octanol–water partition coefficient (Wildman–Crippen LogP) is 2.99. The van der Waals surface area contributed by atoms with Crippen molar-refractivity contribution in [2.24, 2.45) is 7.05 Å². The van der Waals surface area contributed by atoms with Gasteiger partial charge in [-0.15, -0.1) is 0 Å². The third-order valence-electron chi connectivity index (χ3n) is 3.79. The summed E-state index contributed by atoms with van der Waals surface area (Å²) < 4.78 is 51.1. The molecule has 0 bridgehead atoms. The van der Waals surface area contributed by atoms with Crippen molar-refractivity contribution in [2.75, 3.05) is 5.32 Å². The van der Waals surface area contributed by atoms with Crippen LogP contribution in [0.4, 0.5) is 14.5 Å². The Hall–Kier alpha value is -2.17. The SMILES string of the molecule is C[C@H]1C=Cc2c(cn(C)c2C(=O)Nc2ccc(F)c(F)c2)S(=N)(=O)N1.S. The molecule has 3 N–H and O–H groups in total. The van der Waals surface area contributed by atoms with Gasteiger partial charge in [-0.2, -0.15) is 13.5 Å². The highest BCUT2D eigenvalue weighted by atomic mass is 32.2. The molecule has 2 heterocycles. The third kappa shape index (κ3) is 3.67. The number of nitrogens with one attached hydrogen (secondary N) is 3. The van der Waals surface area contributed by atoms with Crippen LogP contribution in [0.1, 0.15) is 23.0 Å². The number of halogens is 2. The lowest BCUT2D eigenvalue weighted by Crippen LogP contribution is -2.29. The summed E-state index contributed by atoms with van der Waals surface area (Å²) in [7, 11) is -1.69. The summed E-state index contributed by atoms with van der Waals surface area (Å²) in [5, 5.41) is 2.49. The van der Waals surface area contributed by atoms with Crippen LogP contribution in [0.5, 0.6) is 0 Å². The zero-order valence-corrected chi connectivity index (χ0v) is 15.8. The molecule has 2 atom stereocenters. The number of benzene rings is 1. The van der Waals surface area contributed by atoms with Crippen molar-refractivity contribution in [3.8, 4) is 0 Å². The maximum Gasteiger partial charge on any atom is 0.272 e. The average Bonchev–Trinajstić information content (AvgIpc) is 2.81. The van der Waals surface area contributed by atoms with Gasteiger partial charge in [-0.25, -0.2) is 22.5 Å². The zero-order chi connectivity index (χ0) is 18.4. The Morgan fingerprint density at radius 1 is 1.35 bits per heavy atom. The summed E-state index contributed by atoms with van der Waals surface area (Å²) in [5.74, 6) is -2.66. The molecule has 1 unspecified atom stereocenters. The molecule has 1 aromatic heterocycles. The zero-order valence-electron chi connectivity index (χ0n) is 14.0. The van der Waals surface area contributed by atoms with Gasteiger partial charge in [-0.05, 0) is 19.1 Å². The van der Waals surface area contributed by atoms with Crippen molar-refractivity contribution in [2.45, 2.75) is 17.9 Å². The molecular weight excluding hydrogens is 382 g/mol. The molecule has 2 aromatic rings. The second kappa shape index (κ2) is 7.22. The Labute approximate surface area is 156 Å². The summed E-state index contributed by atoms with van der Waals surface area (Å²) in [4.78, 5) is 12.8. The number of nitrogens with zero attached hydrogens (tertiary/aromatic N) is 1. The van der Waals surface area contributed by atoms with Crippen LogP contribution in [-0.4, -0.2) is 20.7 Å². The third-order valence-corrected chi connectivity index (χ3v) is 5.44. The molecule has 0 aliphatic carbocycles. The van der Waals surface area contributed by atoms with E-state index in [0.717, 1.165) is 12.1 Å². The van der Waals surface area contributed by atoms with Crippen LogP contribution in [0.25, 0.3) is 6.08 Å². The Balaban J connectivity index is 0.00000243. The second-order valence-electron chi connectivity index (χ2n) is 5.77. The summed E-state index contributed by atoms with van der Waals surface area (Å²) in [6.07, 6.45) is 4.79. The Kier molecular flexibility index (Phi) is 5.59. The maximum absolute atomic E-state index is 13.3. The Bertz CT molecular complexity index is 1000. The molecule has 10 heteroatoms. The van der Waals surface area contributed by atoms with Crippen molar-refractivity contribution in [1.82, 2.24) is 9.29 Å². The van der Waals surface area contributed by atoms with Gasteiger partial charge < -0.3 is 9.88 Å². The van der Waals surface area contributed by atoms with Gasteiger partial charge in [0.25, 0.3) is 5.91 Å². The van der Waals surface area contributed by atoms with E-state index in [2.05, 4.69) is 10.0 Å². The number of carbonyl (C=O) groups excluding carboxylic acids is 1. The summed E-state index contributed by atoms with van der Waals surface area (Å²) in [5.41, 5.74) is 0.626. The van der Waals surface area contributed by atoms with E-state index in [1.807, 2.05) is 0 Å². The normalized spacial score (nSPS) is 21.5. The molecular formula is C16H18F2N4O2S2. The molecule has 26 heavy (non-hydrogen) atoms. The highest BCUT2D eigenvalue weighted by Gasteiger charge is 2.27. The number of hydrogen-bond donors (Lipinski definition) is 3. The molecule has 1 aliphatic rings. The van der Waals surface area contributed by atoms with Crippen molar-refractivity contribution < 1.29 is 17.8 Å². The van der Waals surface area contributed by atoms with Gasteiger partial charge in [0.15, 0.2) is 11.6 Å². The van der Waals surface area contributed by atoms with Crippen LogP contribution < -0.4 is 10.0 Å². The van der Waals surface area contributed by atoms with E-state index in [-0.39, 0.29) is 35.8 Å². The van der Waals surface area contributed by atoms with Crippen molar-refractivity contribution >= 4 is 41.1 Å². The molecule has 0 radical (unpaired) electrons. The van der Waals surface area contributed by atoms with Crippen molar-refractivity contribution in [3.05, 3.63) is 53.4 Å².